The highest BCUT2D eigenvalue weighted by atomic mass is 16.5. The molecule has 154 valence electrons. The van der Waals surface area contributed by atoms with Gasteiger partial charge in [0, 0.05) is 12.3 Å². The van der Waals surface area contributed by atoms with Crippen LogP contribution in [-0.4, -0.2) is 61.7 Å². The number of hydrogen-bond acceptors (Lipinski definition) is 7. The molecule has 0 spiro atoms. The van der Waals surface area contributed by atoms with E-state index in [9.17, 15) is 24.6 Å². The van der Waals surface area contributed by atoms with Crippen molar-refractivity contribution >= 4 is 17.9 Å². The number of rotatable bonds is 9. The zero-order chi connectivity index (χ0) is 20.7. The van der Waals surface area contributed by atoms with E-state index in [1.165, 1.54) is 14.2 Å². The predicted molar refractivity (Wildman–Crippen MR) is 95.2 cm³/mol. The lowest BCUT2D eigenvalue weighted by Gasteiger charge is -2.39. The summed E-state index contributed by atoms with van der Waals surface area (Å²) in [6, 6.07) is 6.57. The van der Waals surface area contributed by atoms with E-state index < -0.39 is 41.8 Å². The lowest BCUT2D eigenvalue weighted by Crippen LogP contribution is -2.48. The van der Waals surface area contributed by atoms with E-state index in [1.807, 2.05) is 0 Å². The molecular formula is C19H24O9. The summed E-state index contributed by atoms with van der Waals surface area (Å²) in [5, 5.41) is 19.1. The van der Waals surface area contributed by atoms with Crippen molar-refractivity contribution in [1.82, 2.24) is 0 Å². The van der Waals surface area contributed by atoms with Crippen LogP contribution >= 0.6 is 0 Å². The maximum atomic E-state index is 12.0. The number of aliphatic carboxylic acids is 2. The quantitative estimate of drug-likeness (QED) is 0.596. The van der Waals surface area contributed by atoms with Crippen molar-refractivity contribution in [3.8, 4) is 11.5 Å². The molecule has 4 atom stereocenters. The minimum atomic E-state index is -1.37. The van der Waals surface area contributed by atoms with Gasteiger partial charge in [0.05, 0.1) is 33.9 Å². The van der Waals surface area contributed by atoms with Crippen LogP contribution in [0.2, 0.25) is 0 Å². The van der Waals surface area contributed by atoms with Crippen molar-refractivity contribution in [3.05, 3.63) is 24.3 Å². The topological polar surface area (TPSA) is 129 Å². The maximum absolute atomic E-state index is 12.0. The Morgan fingerprint density at radius 1 is 1.11 bits per heavy atom. The minimum absolute atomic E-state index is 0.00172. The Morgan fingerprint density at radius 2 is 1.79 bits per heavy atom. The second kappa shape index (κ2) is 9.93. The molecule has 1 fully saturated rings. The summed E-state index contributed by atoms with van der Waals surface area (Å²) in [5.41, 5.74) is 0. The Kier molecular flexibility index (Phi) is 7.62. The molecule has 0 radical (unpaired) electrons. The summed E-state index contributed by atoms with van der Waals surface area (Å²) in [6.45, 7) is 0.145. The first-order valence-corrected chi connectivity index (χ1v) is 8.76. The fourth-order valence-electron chi connectivity index (χ4n) is 3.47. The molecule has 0 amide bonds. The smallest absolute Gasteiger partial charge is 0.345 e. The van der Waals surface area contributed by atoms with E-state index in [2.05, 4.69) is 4.74 Å². The average molecular weight is 396 g/mol. The highest BCUT2D eigenvalue weighted by Crippen LogP contribution is 2.37. The molecule has 1 saturated heterocycles. The van der Waals surface area contributed by atoms with Crippen molar-refractivity contribution in [2.75, 3.05) is 27.4 Å². The van der Waals surface area contributed by atoms with Crippen molar-refractivity contribution < 1.29 is 43.5 Å². The molecule has 1 aliphatic heterocycles. The van der Waals surface area contributed by atoms with E-state index >= 15 is 0 Å². The van der Waals surface area contributed by atoms with Crippen LogP contribution in [0.25, 0.3) is 0 Å². The highest BCUT2D eigenvalue weighted by molar-refractivity contribution is 5.74. The van der Waals surface area contributed by atoms with Gasteiger partial charge in [-0.1, -0.05) is 12.1 Å². The number of esters is 1. The van der Waals surface area contributed by atoms with E-state index in [0.717, 1.165) is 0 Å². The number of carbonyl (C=O) groups excluding carboxylic acids is 1. The van der Waals surface area contributed by atoms with Crippen LogP contribution in [0.1, 0.15) is 12.8 Å². The van der Waals surface area contributed by atoms with Gasteiger partial charge in [-0.05, 0) is 24.0 Å². The zero-order valence-corrected chi connectivity index (χ0v) is 15.7. The third kappa shape index (κ3) is 5.35. The lowest BCUT2D eigenvalue weighted by atomic mass is 9.74. The lowest BCUT2D eigenvalue weighted by molar-refractivity contribution is -0.161. The SMILES string of the molecule is COC(=O)CC1COCC(C(Oc2ccccc2OC)C(=O)O)C1CC(=O)O. The van der Waals surface area contributed by atoms with Gasteiger partial charge in [0.15, 0.2) is 11.5 Å². The summed E-state index contributed by atoms with van der Waals surface area (Å²) in [5.74, 6) is -4.19. The first kappa shape index (κ1) is 21.5. The number of methoxy groups -OCH3 is 2. The molecule has 1 heterocycles. The van der Waals surface area contributed by atoms with Crippen molar-refractivity contribution in [1.29, 1.82) is 0 Å². The number of carboxylic acids is 2. The van der Waals surface area contributed by atoms with Gasteiger partial charge in [-0.25, -0.2) is 4.79 Å². The number of carboxylic acid groups (broad SMARTS) is 2. The number of ether oxygens (including phenoxy) is 4. The highest BCUT2D eigenvalue weighted by Gasteiger charge is 2.44. The standard InChI is InChI=1S/C19H24O9/c1-25-14-5-3-4-6-15(14)28-18(19(23)24)13-10-27-9-11(7-17(22)26-2)12(13)8-16(20)21/h3-6,11-13,18H,7-10H2,1-2H3,(H,20,21)(H,23,24). The molecule has 28 heavy (non-hydrogen) atoms. The fraction of sp³-hybridized carbons (Fsp3) is 0.526. The Hall–Kier alpha value is -2.81. The van der Waals surface area contributed by atoms with Gasteiger partial charge < -0.3 is 29.2 Å². The van der Waals surface area contributed by atoms with Crippen molar-refractivity contribution in [3.63, 3.8) is 0 Å². The minimum Gasteiger partial charge on any atom is -0.493 e. The largest absolute Gasteiger partial charge is 0.493 e. The Labute approximate surface area is 162 Å². The normalized spacial score (nSPS) is 22.7. The van der Waals surface area contributed by atoms with Crippen LogP contribution in [0, 0.1) is 17.8 Å². The van der Waals surface area contributed by atoms with Crippen molar-refractivity contribution in [2.24, 2.45) is 17.8 Å². The summed E-state index contributed by atoms with van der Waals surface area (Å²) in [6.07, 6.45) is -1.75. The van der Waals surface area contributed by atoms with Crippen LogP contribution in [0.5, 0.6) is 11.5 Å². The third-order valence-electron chi connectivity index (χ3n) is 4.82. The molecule has 1 aliphatic rings. The van der Waals surface area contributed by atoms with E-state index in [-0.39, 0.29) is 31.8 Å². The van der Waals surface area contributed by atoms with Crippen LogP contribution in [0.15, 0.2) is 24.3 Å². The molecule has 0 bridgehead atoms. The first-order valence-electron chi connectivity index (χ1n) is 8.76. The second-order valence-corrected chi connectivity index (χ2v) is 6.53. The molecule has 1 aromatic carbocycles. The molecule has 0 aromatic heterocycles. The Morgan fingerprint density at radius 3 is 2.36 bits per heavy atom. The number of hydrogen-bond donors (Lipinski definition) is 2. The molecule has 9 heteroatoms. The van der Waals surface area contributed by atoms with E-state index in [0.29, 0.717) is 5.75 Å². The maximum Gasteiger partial charge on any atom is 0.345 e. The number of carbonyl (C=O) groups is 3. The van der Waals surface area contributed by atoms with Crippen LogP contribution in [0.4, 0.5) is 0 Å². The van der Waals surface area contributed by atoms with E-state index in [1.54, 1.807) is 24.3 Å². The van der Waals surface area contributed by atoms with Gasteiger partial charge in [-0.3, -0.25) is 9.59 Å². The van der Waals surface area contributed by atoms with Gasteiger partial charge in [-0.15, -0.1) is 0 Å². The summed E-state index contributed by atoms with van der Waals surface area (Å²) < 4.78 is 21.1. The fourth-order valence-corrected chi connectivity index (χ4v) is 3.47. The summed E-state index contributed by atoms with van der Waals surface area (Å²) in [4.78, 5) is 35.1. The molecule has 1 aromatic rings. The Bertz CT molecular complexity index is 702. The molecule has 2 rings (SSSR count). The molecule has 9 nitrogen and oxygen atoms in total. The molecule has 0 saturated carbocycles. The number of para-hydroxylation sites is 2. The molecular weight excluding hydrogens is 372 g/mol. The first-order chi connectivity index (χ1) is 13.4. The number of benzene rings is 1. The van der Waals surface area contributed by atoms with Crippen LogP contribution < -0.4 is 9.47 Å². The summed E-state index contributed by atoms with van der Waals surface area (Å²) in [7, 11) is 2.67. The van der Waals surface area contributed by atoms with Gasteiger partial charge in [0.25, 0.3) is 0 Å². The van der Waals surface area contributed by atoms with Crippen LogP contribution in [0.3, 0.4) is 0 Å². The average Bonchev–Trinajstić information content (AvgIpc) is 2.67. The van der Waals surface area contributed by atoms with Crippen molar-refractivity contribution in [2.45, 2.75) is 18.9 Å². The van der Waals surface area contributed by atoms with Gasteiger partial charge in [-0.2, -0.15) is 0 Å². The molecule has 2 N–H and O–H groups in total. The molecule has 0 aliphatic carbocycles. The third-order valence-corrected chi connectivity index (χ3v) is 4.82. The summed E-state index contributed by atoms with van der Waals surface area (Å²) >= 11 is 0. The second-order valence-electron chi connectivity index (χ2n) is 6.53. The predicted octanol–water partition coefficient (Wildman–Crippen LogP) is 1.44. The van der Waals surface area contributed by atoms with Gasteiger partial charge >= 0.3 is 17.9 Å². The van der Waals surface area contributed by atoms with E-state index in [4.69, 9.17) is 14.2 Å². The Balaban J connectivity index is 2.31. The van der Waals surface area contributed by atoms with Gasteiger partial charge in [0.2, 0.25) is 6.10 Å². The zero-order valence-electron chi connectivity index (χ0n) is 15.7. The monoisotopic (exact) mass is 396 g/mol. The van der Waals surface area contributed by atoms with Crippen LogP contribution in [-0.2, 0) is 23.9 Å². The van der Waals surface area contributed by atoms with Gasteiger partial charge in [0.1, 0.15) is 0 Å². The molecule has 4 unspecified atom stereocenters.